The van der Waals surface area contributed by atoms with Gasteiger partial charge in [0.15, 0.2) is 0 Å². The van der Waals surface area contributed by atoms with E-state index in [2.05, 4.69) is 83.2 Å². The first-order valence-electron chi connectivity index (χ1n) is 12.8. The summed E-state index contributed by atoms with van der Waals surface area (Å²) in [7, 11) is 0. The highest BCUT2D eigenvalue weighted by atomic mass is 16.5. The van der Waals surface area contributed by atoms with Gasteiger partial charge >= 0.3 is 5.97 Å². The third-order valence-corrected chi connectivity index (χ3v) is 7.00. The fourth-order valence-electron chi connectivity index (χ4n) is 5.14. The molecule has 182 valence electrons. The molecule has 0 N–H and O–H groups in total. The van der Waals surface area contributed by atoms with E-state index < -0.39 is 0 Å². The van der Waals surface area contributed by atoms with Crippen LogP contribution in [0.1, 0.15) is 38.3 Å². The van der Waals surface area contributed by atoms with Crippen molar-refractivity contribution in [3.63, 3.8) is 0 Å². The van der Waals surface area contributed by atoms with Gasteiger partial charge in [0.2, 0.25) is 0 Å². The fourth-order valence-corrected chi connectivity index (χ4v) is 5.14. The van der Waals surface area contributed by atoms with Crippen molar-refractivity contribution in [2.45, 2.75) is 39.2 Å². The lowest BCUT2D eigenvalue weighted by atomic mass is 9.99. The molecule has 4 heteroatoms. The Kier molecular flexibility index (Phi) is 7.13. The first kappa shape index (κ1) is 23.8. The summed E-state index contributed by atoms with van der Waals surface area (Å²) in [6.45, 7) is 4.56. The van der Waals surface area contributed by atoms with Gasteiger partial charge in [-0.15, -0.1) is 0 Å². The van der Waals surface area contributed by atoms with Crippen molar-refractivity contribution < 1.29 is 9.53 Å². The summed E-state index contributed by atoms with van der Waals surface area (Å²) in [5.41, 5.74) is 5.60. The van der Waals surface area contributed by atoms with Gasteiger partial charge in [-0.05, 0) is 48.7 Å². The van der Waals surface area contributed by atoms with E-state index in [1.54, 1.807) is 6.20 Å². The molecule has 0 saturated heterocycles. The molecule has 0 amide bonds. The highest BCUT2D eigenvalue weighted by molar-refractivity contribution is 6.08. The third-order valence-electron chi connectivity index (χ3n) is 7.00. The van der Waals surface area contributed by atoms with Gasteiger partial charge in [0.1, 0.15) is 0 Å². The number of pyridine rings is 1. The number of para-hydroxylation sites is 2. The van der Waals surface area contributed by atoms with Crippen LogP contribution in [0.2, 0.25) is 0 Å². The lowest BCUT2D eigenvalue weighted by Gasteiger charge is -2.23. The topological polar surface area (TPSA) is 44.1 Å². The summed E-state index contributed by atoms with van der Waals surface area (Å²) in [6, 6.07) is 31.5. The SMILES string of the molecule is CCC(CC(C)C(=O)OCCc1cccc(-c2ccccn2)c1)n1c2ccccc2c2ccccc21. The van der Waals surface area contributed by atoms with Crippen molar-refractivity contribution in [2.75, 3.05) is 6.61 Å². The molecule has 0 saturated carbocycles. The number of aromatic nitrogens is 2. The summed E-state index contributed by atoms with van der Waals surface area (Å²) in [5.74, 6) is -0.315. The van der Waals surface area contributed by atoms with Crippen LogP contribution in [0, 0.1) is 5.92 Å². The largest absolute Gasteiger partial charge is 0.465 e. The number of carbonyl (C=O) groups excluding carboxylic acids is 1. The van der Waals surface area contributed by atoms with E-state index in [1.165, 1.54) is 21.8 Å². The normalized spacial score (nSPS) is 13.1. The van der Waals surface area contributed by atoms with E-state index in [0.29, 0.717) is 13.0 Å². The van der Waals surface area contributed by atoms with Crippen LogP contribution in [0.15, 0.2) is 97.2 Å². The average Bonchev–Trinajstić information content (AvgIpc) is 3.26. The maximum absolute atomic E-state index is 12.9. The molecule has 2 aromatic heterocycles. The first-order chi connectivity index (χ1) is 17.7. The molecule has 2 unspecified atom stereocenters. The predicted molar refractivity (Wildman–Crippen MR) is 147 cm³/mol. The molecule has 0 spiro atoms. The van der Waals surface area contributed by atoms with Crippen LogP contribution in [-0.2, 0) is 16.0 Å². The van der Waals surface area contributed by atoms with E-state index in [9.17, 15) is 4.79 Å². The second-order valence-electron chi connectivity index (χ2n) is 9.44. The summed E-state index contributed by atoms with van der Waals surface area (Å²) in [6.07, 6.45) is 4.17. The van der Waals surface area contributed by atoms with Crippen LogP contribution >= 0.6 is 0 Å². The maximum atomic E-state index is 12.9. The van der Waals surface area contributed by atoms with Gasteiger partial charge in [0.25, 0.3) is 0 Å². The number of hydrogen-bond donors (Lipinski definition) is 0. The molecule has 36 heavy (non-hydrogen) atoms. The lowest BCUT2D eigenvalue weighted by molar-refractivity contribution is -0.148. The Morgan fingerprint density at radius 3 is 2.25 bits per heavy atom. The van der Waals surface area contributed by atoms with Crippen LogP contribution in [0.5, 0.6) is 0 Å². The van der Waals surface area contributed by atoms with Crippen LogP contribution in [0.4, 0.5) is 0 Å². The monoisotopic (exact) mass is 476 g/mol. The standard InChI is InChI=1S/C32H32N2O2/c1-3-26(34-30-16-6-4-13-27(30)28-14-5-7-17-31(28)34)21-23(2)32(35)36-20-18-24-11-10-12-25(22-24)29-15-8-9-19-33-29/h4-17,19,22-23,26H,3,18,20-21H2,1-2H3. The molecule has 3 aromatic carbocycles. The molecule has 4 nitrogen and oxygen atoms in total. The Morgan fingerprint density at radius 1 is 0.889 bits per heavy atom. The maximum Gasteiger partial charge on any atom is 0.308 e. The molecule has 2 heterocycles. The number of ether oxygens (including phenoxy) is 1. The molecule has 2 atom stereocenters. The van der Waals surface area contributed by atoms with Crippen LogP contribution in [0.25, 0.3) is 33.1 Å². The number of carbonyl (C=O) groups is 1. The van der Waals surface area contributed by atoms with E-state index in [1.807, 2.05) is 31.2 Å². The average molecular weight is 477 g/mol. The van der Waals surface area contributed by atoms with Crippen molar-refractivity contribution in [3.8, 4) is 11.3 Å². The molecular weight excluding hydrogens is 444 g/mol. The summed E-state index contributed by atoms with van der Waals surface area (Å²) < 4.78 is 8.14. The highest BCUT2D eigenvalue weighted by Crippen LogP contribution is 2.35. The van der Waals surface area contributed by atoms with Crippen LogP contribution in [0.3, 0.4) is 0 Å². The minimum atomic E-state index is -0.185. The van der Waals surface area contributed by atoms with E-state index >= 15 is 0 Å². The molecule has 5 aromatic rings. The van der Waals surface area contributed by atoms with Crippen molar-refractivity contribution in [1.82, 2.24) is 9.55 Å². The van der Waals surface area contributed by atoms with Gasteiger partial charge in [-0.1, -0.05) is 74.5 Å². The number of benzene rings is 3. The van der Waals surface area contributed by atoms with Gasteiger partial charge in [-0.25, -0.2) is 0 Å². The van der Waals surface area contributed by atoms with Crippen molar-refractivity contribution in [3.05, 3.63) is 103 Å². The second kappa shape index (κ2) is 10.8. The van der Waals surface area contributed by atoms with Gasteiger partial charge in [0, 0.05) is 46.0 Å². The van der Waals surface area contributed by atoms with E-state index in [0.717, 1.165) is 29.7 Å². The van der Waals surface area contributed by atoms with E-state index in [4.69, 9.17) is 4.74 Å². The summed E-state index contributed by atoms with van der Waals surface area (Å²) >= 11 is 0. The second-order valence-corrected chi connectivity index (χ2v) is 9.44. The zero-order valence-corrected chi connectivity index (χ0v) is 20.9. The Morgan fingerprint density at radius 2 is 1.58 bits per heavy atom. The minimum absolute atomic E-state index is 0.130. The number of hydrogen-bond acceptors (Lipinski definition) is 3. The van der Waals surface area contributed by atoms with Crippen molar-refractivity contribution in [2.24, 2.45) is 5.92 Å². The zero-order valence-electron chi connectivity index (χ0n) is 20.9. The van der Waals surface area contributed by atoms with Crippen molar-refractivity contribution in [1.29, 1.82) is 0 Å². The molecule has 0 radical (unpaired) electrons. The van der Waals surface area contributed by atoms with Gasteiger partial charge in [0.05, 0.1) is 18.2 Å². The molecular formula is C32H32N2O2. The molecule has 0 fully saturated rings. The number of rotatable bonds is 9. The Balaban J connectivity index is 1.24. The predicted octanol–water partition coefficient (Wildman–Crippen LogP) is 7.62. The minimum Gasteiger partial charge on any atom is -0.465 e. The molecule has 5 rings (SSSR count). The summed E-state index contributed by atoms with van der Waals surface area (Å²) in [4.78, 5) is 17.4. The van der Waals surface area contributed by atoms with Crippen molar-refractivity contribution >= 4 is 27.8 Å². The van der Waals surface area contributed by atoms with Gasteiger partial charge in [-0.2, -0.15) is 0 Å². The van der Waals surface area contributed by atoms with E-state index in [-0.39, 0.29) is 17.9 Å². The smallest absolute Gasteiger partial charge is 0.308 e. The molecule has 0 aliphatic heterocycles. The van der Waals surface area contributed by atoms with Gasteiger partial charge in [-0.3, -0.25) is 9.78 Å². The highest BCUT2D eigenvalue weighted by Gasteiger charge is 2.23. The quantitative estimate of drug-likeness (QED) is 0.206. The fraction of sp³-hybridized carbons (Fsp3) is 0.250. The Hall–Kier alpha value is -3.92. The van der Waals surface area contributed by atoms with Crippen LogP contribution < -0.4 is 0 Å². The summed E-state index contributed by atoms with van der Waals surface area (Å²) in [5, 5.41) is 2.52. The number of fused-ring (bicyclic) bond motifs is 3. The van der Waals surface area contributed by atoms with Crippen LogP contribution in [-0.4, -0.2) is 22.1 Å². The number of esters is 1. The first-order valence-corrected chi connectivity index (χ1v) is 12.8. The Bertz CT molecular complexity index is 1420. The third kappa shape index (κ3) is 4.90. The molecule has 0 aliphatic carbocycles. The molecule has 0 bridgehead atoms. The van der Waals surface area contributed by atoms with Gasteiger partial charge < -0.3 is 9.30 Å². The molecule has 0 aliphatic rings. The number of nitrogens with zero attached hydrogens (tertiary/aromatic N) is 2. The zero-order chi connectivity index (χ0) is 24.9. The lowest BCUT2D eigenvalue weighted by Crippen LogP contribution is -2.21. The Labute approximate surface area is 212 Å².